The number of hydrogen-bond donors (Lipinski definition) is 0. The zero-order valence-corrected chi connectivity index (χ0v) is 13.8. The molecule has 160 valence electrons. The first kappa shape index (κ1) is 24.1. The molecule has 0 N–H and O–H groups in total. The lowest BCUT2D eigenvalue weighted by molar-refractivity contribution is -0.494. The summed E-state index contributed by atoms with van der Waals surface area (Å²) in [7, 11) is 0. The lowest BCUT2D eigenvalue weighted by Crippen LogP contribution is -2.64. The third-order valence-electron chi connectivity index (χ3n) is 3.21. The maximum Gasteiger partial charge on any atom is 0.457 e. The standard InChI is InChI=1S/C15H12F10O3/c1-2-8-27-12(17,14(21,22)23)15(24,25)28-11(16,13(18,19)20)10(26)9-6-4-3-5-7-9/h3-7H,2,8H2,1H3. The molecule has 0 heterocycles. The molecule has 1 aromatic rings. The van der Waals surface area contributed by atoms with Crippen LogP contribution in [-0.4, -0.2) is 42.6 Å². The molecule has 1 rings (SSSR count). The third-order valence-corrected chi connectivity index (χ3v) is 3.21. The van der Waals surface area contributed by atoms with E-state index < -0.39 is 54.5 Å². The fraction of sp³-hybridized carbons (Fsp3) is 0.533. The molecular formula is C15H12F10O3. The van der Waals surface area contributed by atoms with Crippen LogP contribution in [0.2, 0.25) is 0 Å². The molecule has 0 aliphatic carbocycles. The first-order chi connectivity index (χ1) is 12.5. The SMILES string of the molecule is CCCOC(F)(C(F)(F)F)C(F)(F)OC(F)(C(=O)c1ccccc1)C(F)(F)F. The summed E-state index contributed by atoms with van der Waals surface area (Å²) in [6.45, 7) is -0.253. The van der Waals surface area contributed by atoms with E-state index in [0.717, 1.165) is 25.1 Å². The van der Waals surface area contributed by atoms with Gasteiger partial charge in [-0.2, -0.15) is 43.9 Å². The molecule has 0 aliphatic heterocycles. The van der Waals surface area contributed by atoms with Crippen molar-refractivity contribution >= 4 is 5.78 Å². The Labute approximate surface area is 151 Å². The lowest BCUT2D eigenvalue weighted by Gasteiger charge is -2.37. The molecule has 28 heavy (non-hydrogen) atoms. The molecular weight excluding hydrogens is 418 g/mol. The first-order valence-electron chi connectivity index (χ1n) is 7.36. The van der Waals surface area contributed by atoms with Gasteiger partial charge < -0.3 is 4.74 Å². The van der Waals surface area contributed by atoms with E-state index in [2.05, 4.69) is 9.47 Å². The largest absolute Gasteiger partial charge is 0.457 e. The summed E-state index contributed by atoms with van der Waals surface area (Å²) in [6.07, 6.45) is -20.3. The van der Waals surface area contributed by atoms with Crippen molar-refractivity contribution in [1.29, 1.82) is 0 Å². The van der Waals surface area contributed by atoms with E-state index >= 15 is 0 Å². The molecule has 1 aromatic carbocycles. The summed E-state index contributed by atoms with van der Waals surface area (Å²) in [5.74, 6) is -15.0. The summed E-state index contributed by atoms with van der Waals surface area (Å²) < 4.78 is 139. The smallest absolute Gasteiger partial charge is 0.332 e. The third kappa shape index (κ3) is 4.40. The highest BCUT2D eigenvalue weighted by Gasteiger charge is 2.79. The lowest BCUT2D eigenvalue weighted by atomic mass is 10.0. The van der Waals surface area contributed by atoms with Gasteiger partial charge in [0.1, 0.15) is 0 Å². The molecule has 0 bridgehead atoms. The maximum atomic E-state index is 14.3. The van der Waals surface area contributed by atoms with Crippen molar-refractivity contribution in [3.63, 3.8) is 0 Å². The van der Waals surface area contributed by atoms with Crippen LogP contribution in [0.1, 0.15) is 23.7 Å². The van der Waals surface area contributed by atoms with Gasteiger partial charge in [0.05, 0.1) is 6.61 Å². The van der Waals surface area contributed by atoms with Crippen LogP contribution >= 0.6 is 0 Å². The molecule has 13 heteroatoms. The second-order valence-electron chi connectivity index (χ2n) is 5.35. The van der Waals surface area contributed by atoms with Crippen LogP contribution in [-0.2, 0) is 9.47 Å². The van der Waals surface area contributed by atoms with Crippen molar-refractivity contribution < 1.29 is 58.2 Å². The number of rotatable bonds is 8. The van der Waals surface area contributed by atoms with Gasteiger partial charge in [-0.1, -0.05) is 37.3 Å². The molecule has 3 nitrogen and oxygen atoms in total. The molecule has 0 radical (unpaired) electrons. The van der Waals surface area contributed by atoms with Crippen molar-refractivity contribution in [3.05, 3.63) is 35.9 Å². The molecule has 0 aliphatic rings. The fourth-order valence-electron chi connectivity index (χ4n) is 1.82. The molecule has 2 unspecified atom stereocenters. The Morgan fingerprint density at radius 3 is 1.75 bits per heavy atom. The minimum absolute atomic E-state index is 0.458. The Morgan fingerprint density at radius 2 is 1.36 bits per heavy atom. The number of carbonyl (C=O) groups is 1. The number of carbonyl (C=O) groups excluding carboxylic acids is 1. The molecule has 2 atom stereocenters. The van der Waals surface area contributed by atoms with Gasteiger partial charge in [-0.15, -0.1) is 0 Å². The van der Waals surface area contributed by atoms with E-state index in [0.29, 0.717) is 12.1 Å². The second kappa shape index (κ2) is 7.85. The van der Waals surface area contributed by atoms with Crippen LogP contribution in [0, 0.1) is 0 Å². The van der Waals surface area contributed by atoms with E-state index in [1.165, 1.54) is 0 Å². The molecule has 0 aromatic heterocycles. The Morgan fingerprint density at radius 1 is 0.857 bits per heavy atom. The monoisotopic (exact) mass is 430 g/mol. The van der Waals surface area contributed by atoms with Gasteiger partial charge >= 0.3 is 30.2 Å². The predicted octanol–water partition coefficient (Wildman–Crippen LogP) is 5.36. The van der Waals surface area contributed by atoms with Crippen molar-refractivity contribution in [1.82, 2.24) is 0 Å². The number of ketones is 1. The van der Waals surface area contributed by atoms with E-state index in [1.807, 2.05) is 0 Å². The Kier molecular flexibility index (Phi) is 6.77. The second-order valence-corrected chi connectivity index (χ2v) is 5.35. The van der Waals surface area contributed by atoms with Crippen molar-refractivity contribution in [3.8, 4) is 0 Å². The number of ether oxygens (including phenoxy) is 2. The normalized spacial score (nSPS) is 17.7. The first-order valence-corrected chi connectivity index (χ1v) is 7.36. The minimum atomic E-state index is -6.63. The Balaban J connectivity index is 3.46. The number of benzene rings is 1. The molecule has 0 amide bonds. The average Bonchev–Trinajstić information content (AvgIpc) is 2.57. The highest BCUT2D eigenvalue weighted by Crippen LogP contribution is 2.51. The van der Waals surface area contributed by atoms with E-state index in [9.17, 15) is 48.7 Å². The molecule has 0 saturated carbocycles. The van der Waals surface area contributed by atoms with Crippen molar-refractivity contribution in [2.45, 2.75) is 43.5 Å². The maximum absolute atomic E-state index is 14.3. The summed E-state index contributed by atoms with van der Waals surface area (Å²) >= 11 is 0. The molecule has 0 spiro atoms. The van der Waals surface area contributed by atoms with Crippen molar-refractivity contribution in [2.75, 3.05) is 6.61 Å². The summed E-state index contributed by atoms with van der Waals surface area (Å²) in [5.41, 5.74) is -1.16. The van der Waals surface area contributed by atoms with Gasteiger partial charge in [-0.05, 0) is 6.42 Å². The van der Waals surface area contributed by atoms with E-state index in [4.69, 9.17) is 0 Å². The van der Waals surface area contributed by atoms with Crippen LogP contribution in [0.25, 0.3) is 0 Å². The van der Waals surface area contributed by atoms with Crippen LogP contribution in [0.15, 0.2) is 30.3 Å². The van der Waals surface area contributed by atoms with Crippen LogP contribution < -0.4 is 0 Å². The average molecular weight is 430 g/mol. The number of halogens is 10. The predicted molar refractivity (Wildman–Crippen MR) is 72.8 cm³/mol. The number of hydrogen-bond acceptors (Lipinski definition) is 3. The van der Waals surface area contributed by atoms with Crippen molar-refractivity contribution in [2.24, 2.45) is 0 Å². The van der Waals surface area contributed by atoms with E-state index in [1.54, 1.807) is 0 Å². The number of Topliss-reactive ketones (excluding diaryl/α,β-unsaturated/α-hetero) is 1. The van der Waals surface area contributed by atoms with Gasteiger partial charge in [0.15, 0.2) is 0 Å². The highest BCUT2D eigenvalue weighted by molar-refractivity contribution is 6.02. The van der Waals surface area contributed by atoms with Gasteiger partial charge in [0.25, 0.3) is 0 Å². The number of alkyl halides is 10. The van der Waals surface area contributed by atoms with E-state index in [-0.39, 0.29) is 0 Å². The zero-order chi connectivity index (χ0) is 22.0. The summed E-state index contributed by atoms with van der Waals surface area (Å²) in [4.78, 5) is 11.8. The molecule has 0 saturated heterocycles. The molecule has 0 fully saturated rings. The van der Waals surface area contributed by atoms with Gasteiger partial charge in [-0.25, -0.2) is 0 Å². The minimum Gasteiger partial charge on any atom is -0.332 e. The van der Waals surface area contributed by atoms with Gasteiger partial charge in [0.2, 0.25) is 5.78 Å². The fourth-order valence-corrected chi connectivity index (χ4v) is 1.82. The van der Waals surface area contributed by atoms with Gasteiger partial charge in [-0.3, -0.25) is 9.53 Å². The Bertz CT molecular complexity index is 673. The van der Waals surface area contributed by atoms with Gasteiger partial charge in [0, 0.05) is 5.56 Å². The summed E-state index contributed by atoms with van der Waals surface area (Å²) in [5, 5.41) is 0. The zero-order valence-electron chi connectivity index (χ0n) is 13.8. The quantitative estimate of drug-likeness (QED) is 0.412. The van der Waals surface area contributed by atoms with Crippen LogP contribution in [0.5, 0.6) is 0 Å². The highest BCUT2D eigenvalue weighted by atomic mass is 19.4. The van der Waals surface area contributed by atoms with Crippen LogP contribution in [0.4, 0.5) is 43.9 Å². The topological polar surface area (TPSA) is 35.5 Å². The Hall–Kier alpha value is -1.89. The van der Waals surface area contributed by atoms with Crippen LogP contribution in [0.3, 0.4) is 0 Å². The summed E-state index contributed by atoms with van der Waals surface area (Å²) in [6, 6.07) is 4.12.